The molecule has 0 bridgehead atoms. The highest BCUT2D eigenvalue weighted by atomic mass is 19.1. The summed E-state index contributed by atoms with van der Waals surface area (Å²) in [5.74, 6) is -1.41. The highest BCUT2D eigenvalue weighted by Gasteiger charge is 2.22. The monoisotopic (exact) mass is 296 g/mol. The summed E-state index contributed by atoms with van der Waals surface area (Å²) in [5, 5.41) is 8.99. The van der Waals surface area contributed by atoms with Gasteiger partial charge in [-0.25, -0.2) is 9.18 Å². The number of ketones is 1. The fraction of sp³-hybridized carbons (Fsp3) is 0.111. The number of allylic oxidation sites excluding steroid dienone is 1. The molecule has 22 heavy (non-hydrogen) atoms. The third kappa shape index (κ3) is 2.68. The number of carboxylic acids is 1. The molecule has 1 aliphatic carbocycles. The van der Waals surface area contributed by atoms with E-state index >= 15 is 0 Å². The lowest BCUT2D eigenvalue weighted by Crippen LogP contribution is -2.15. The number of Topliss-reactive ketones (excluding diaryl/α,β-unsaturated/α-hetero) is 1. The summed E-state index contributed by atoms with van der Waals surface area (Å²) in [4.78, 5) is 23.5. The molecule has 3 nitrogen and oxygen atoms in total. The molecule has 0 saturated heterocycles. The van der Waals surface area contributed by atoms with E-state index in [-0.39, 0.29) is 17.2 Å². The second-order valence-corrected chi connectivity index (χ2v) is 5.23. The SMILES string of the molecule is O=C(O)c1ccc2c(c1)CCC(=Cc1ccc(F)cc1)C2=O. The Morgan fingerprint density at radius 3 is 2.50 bits per heavy atom. The Morgan fingerprint density at radius 1 is 1.09 bits per heavy atom. The zero-order valence-corrected chi connectivity index (χ0v) is 11.7. The van der Waals surface area contributed by atoms with Gasteiger partial charge in [-0.3, -0.25) is 4.79 Å². The van der Waals surface area contributed by atoms with Crippen molar-refractivity contribution in [1.82, 2.24) is 0 Å². The summed E-state index contributed by atoms with van der Waals surface area (Å²) in [7, 11) is 0. The van der Waals surface area contributed by atoms with Gasteiger partial charge in [0.25, 0.3) is 0 Å². The van der Waals surface area contributed by atoms with Crippen LogP contribution < -0.4 is 0 Å². The van der Waals surface area contributed by atoms with Crippen LogP contribution in [0.1, 0.15) is 38.3 Å². The summed E-state index contributed by atoms with van der Waals surface area (Å²) in [6.45, 7) is 0. The van der Waals surface area contributed by atoms with Gasteiger partial charge in [0.1, 0.15) is 5.82 Å². The van der Waals surface area contributed by atoms with Crippen molar-refractivity contribution in [3.63, 3.8) is 0 Å². The molecule has 0 aromatic heterocycles. The minimum Gasteiger partial charge on any atom is -0.478 e. The molecule has 0 saturated carbocycles. The van der Waals surface area contributed by atoms with E-state index < -0.39 is 5.97 Å². The number of aryl methyl sites for hydroxylation is 1. The van der Waals surface area contributed by atoms with Crippen molar-refractivity contribution in [3.8, 4) is 0 Å². The lowest BCUT2D eigenvalue weighted by atomic mass is 9.85. The zero-order chi connectivity index (χ0) is 15.7. The number of carbonyl (C=O) groups excluding carboxylic acids is 1. The predicted octanol–water partition coefficient (Wildman–Crippen LogP) is 3.74. The molecule has 0 amide bonds. The number of hydrogen-bond acceptors (Lipinski definition) is 2. The van der Waals surface area contributed by atoms with Crippen LogP contribution in [0.2, 0.25) is 0 Å². The van der Waals surface area contributed by atoms with E-state index in [1.807, 2.05) is 0 Å². The maximum absolute atomic E-state index is 12.9. The van der Waals surface area contributed by atoms with Crippen LogP contribution >= 0.6 is 0 Å². The number of rotatable bonds is 2. The Morgan fingerprint density at radius 2 is 1.82 bits per heavy atom. The predicted molar refractivity (Wildman–Crippen MR) is 80.4 cm³/mol. The third-order valence-corrected chi connectivity index (χ3v) is 3.76. The molecule has 1 aliphatic rings. The minimum absolute atomic E-state index is 0.0949. The Bertz CT molecular complexity index is 788. The van der Waals surface area contributed by atoms with Gasteiger partial charge >= 0.3 is 5.97 Å². The lowest BCUT2D eigenvalue weighted by Gasteiger charge is -2.18. The molecule has 0 aliphatic heterocycles. The highest BCUT2D eigenvalue weighted by molar-refractivity contribution is 6.13. The van der Waals surface area contributed by atoms with E-state index in [1.165, 1.54) is 18.2 Å². The lowest BCUT2D eigenvalue weighted by molar-refractivity contribution is 0.0696. The Hall–Kier alpha value is -2.75. The van der Waals surface area contributed by atoms with Gasteiger partial charge in [-0.05, 0) is 60.4 Å². The molecule has 0 unspecified atom stereocenters. The van der Waals surface area contributed by atoms with E-state index in [2.05, 4.69) is 0 Å². The zero-order valence-electron chi connectivity index (χ0n) is 11.7. The molecule has 4 heteroatoms. The molecular formula is C18H13FO3. The number of hydrogen-bond donors (Lipinski definition) is 1. The topological polar surface area (TPSA) is 54.4 Å². The van der Waals surface area contributed by atoms with Crippen molar-refractivity contribution in [2.45, 2.75) is 12.8 Å². The second-order valence-electron chi connectivity index (χ2n) is 5.23. The van der Waals surface area contributed by atoms with Crippen molar-refractivity contribution in [1.29, 1.82) is 0 Å². The van der Waals surface area contributed by atoms with Crippen LogP contribution in [0, 0.1) is 5.82 Å². The first-order chi connectivity index (χ1) is 10.5. The van der Waals surface area contributed by atoms with Crippen LogP contribution in [-0.4, -0.2) is 16.9 Å². The largest absolute Gasteiger partial charge is 0.478 e. The van der Waals surface area contributed by atoms with Crippen molar-refractivity contribution < 1.29 is 19.1 Å². The van der Waals surface area contributed by atoms with Crippen molar-refractivity contribution >= 4 is 17.8 Å². The summed E-state index contributed by atoms with van der Waals surface area (Å²) in [6.07, 6.45) is 2.93. The van der Waals surface area contributed by atoms with Crippen LogP contribution in [-0.2, 0) is 6.42 Å². The van der Waals surface area contributed by atoms with Crippen molar-refractivity contribution in [3.05, 3.63) is 76.1 Å². The first-order valence-electron chi connectivity index (χ1n) is 6.91. The maximum atomic E-state index is 12.9. The van der Waals surface area contributed by atoms with Crippen LogP contribution in [0.25, 0.3) is 6.08 Å². The smallest absolute Gasteiger partial charge is 0.335 e. The molecular weight excluding hydrogens is 283 g/mol. The average molecular weight is 296 g/mol. The molecule has 1 N–H and O–H groups in total. The van der Waals surface area contributed by atoms with Gasteiger partial charge in [0.15, 0.2) is 5.78 Å². The van der Waals surface area contributed by atoms with E-state index in [0.29, 0.717) is 24.0 Å². The van der Waals surface area contributed by atoms with Crippen LogP contribution in [0.3, 0.4) is 0 Å². The summed E-state index contributed by atoms with van der Waals surface area (Å²) >= 11 is 0. The van der Waals surface area contributed by atoms with Gasteiger partial charge < -0.3 is 5.11 Å². The summed E-state index contributed by atoms with van der Waals surface area (Å²) in [5.41, 5.74) is 2.93. The molecule has 0 spiro atoms. The average Bonchev–Trinajstić information content (AvgIpc) is 2.52. The number of benzene rings is 2. The molecule has 0 radical (unpaired) electrons. The summed E-state index contributed by atoms with van der Waals surface area (Å²) < 4.78 is 12.9. The number of carboxylic acid groups (broad SMARTS) is 1. The highest BCUT2D eigenvalue weighted by Crippen LogP contribution is 2.27. The molecule has 0 fully saturated rings. The van der Waals surface area contributed by atoms with Crippen LogP contribution in [0.4, 0.5) is 4.39 Å². The molecule has 2 aromatic rings. The quantitative estimate of drug-likeness (QED) is 0.859. The number of halogens is 1. The fourth-order valence-electron chi connectivity index (χ4n) is 2.61. The summed E-state index contributed by atoms with van der Waals surface area (Å²) in [6, 6.07) is 10.5. The number of fused-ring (bicyclic) bond motifs is 1. The Kier molecular flexibility index (Phi) is 3.59. The van der Waals surface area contributed by atoms with Gasteiger partial charge in [0.05, 0.1) is 5.56 Å². The van der Waals surface area contributed by atoms with Crippen molar-refractivity contribution in [2.75, 3.05) is 0 Å². The molecule has 3 rings (SSSR count). The van der Waals surface area contributed by atoms with Gasteiger partial charge in [0, 0.05) is 11.1 Å². The minimum atomic E-state index is -0.997. The maximum Gasteiger partial charge on any atom is 0.335 e. The van der Waals surface area contributed by atoms with E-state index in [0.717, 1.165) is 11.1 Å². The molecule has 2 aromatic carbocycles. The molecule has 110 valence electrons. The third-order valence-electron chi connectivity index (χ3n) is 3.76. The van der Waals surface area contributed by atoms with E-state index in [9.17, 15) is 14.0 Å². The molecule has 0 heterocycles. The second kappa shape index (κ2) is 5.56. The van der Waals surface area contributed by atoms with Crippen LogP contribution in [0.15, 0.2) is 48.0 Å². The fourth-order valence-corrected chi connectivity index (χ4v) is 2.61. The van der Waals surface area contributed by atoms with Gasteiger partial charge in [0.2, 0.25) is 0 Å². The van der Waals surface area contributed by atoms with Crippen molar-refractivity contribution in [2.24, 2.45) is 0 Å². The first kappa shape index (κ1) is 14.2. The Labute approximate surface area is 126 Å². The Balaban J connectivity index is 1.94. The van der Waals surface area contributed by atoms with E-state index in [1.54, 1.807) is 30.3 Å². The standard InChI is InChI=1S/C18H13FO3/c19-15-6-1-11(2-7-15)9-13-4-3-12-10-14(18(21)22)5-8-16(12)17(13)20/h1-2,5-10H,3-4H2,(H,21,22). The number of aromatic carboxylic acids is 1. The normalized spacial score (nSPS) is 15.7. The van der Waals surface area contributed by atoms with Crippen LogP contribution in [0.5, 0.6) is 0 Å². The van der Waals surface area contributed by atoms with Gasteiger partial charge in [-0.15, -0.1) is 0 Å². The first-order valence-corrected chi connectivity index (χ1v) is 6.91. The molecule has 0 atom stereocenters. The number of carbonyl (C=O) groups is 2. The van der Waals surface area contributed by atoms with Gasteiger partial charge in [-0.2, -0.15) is 0 Å². The van der Waals surface area contributed by atoms with Gasteiger partial charge in [-0.1, -0.05) is 12.1 Å². The van der Waals surface area contributed by atoms with E-state index in [4.69, 9.17) is 5.11 Å².